The minimum atomic E-state index is -0.502. The van der Waals surface area contributed by atoms with Gasteiger partial charge in [-0.25, -0.2) is 5.84 Å². The van der Waals surface area contributed by atoms with Crippen LogP contribution in [0.4, 0.5) is 0 Å². The molecule has 0 aliphatic heterocycles. The van der Waals surface area contributed by atoms with Gasteiger partial charge in [0, 0.05) is 12.2 Å². The van der Waals surface area contributed by atoms with Crippen molar-refractivity contribution in [1.82, 2.24) is 9.99 Å². The third-order valence-corrected chi connectivity index (χ3v) is 3.66. The monoisotopic (exact) mass is 263 g/mol. The highest BCUT2D eigenvalue weighted by atomic mass is 16.2. The predicted molar refractivity (Wildman–Crippen MR) is 73.8 cm³/mol. The maximum absolute atomic E-state index is 12.4. The van der Waals surface area contributed by atoms with Crippen molar-refractivity contribution in [3.05, 3.63) is 33.2 Å². The fraction of sp³-hybridized carbons (Fsp3) is 0.571. The quantitative estimate of drug-likeness (QED) is 0.483. The third kappa shape index (κ3) is 2.71. The van der Waals surface area contributed by atoms with Gasteiger partial charge in [-0.05, 0) is 43.2 Å². The molecule has 104 valence electrons. The maximum Gasteiger partial charge on any atom is 0.270 e. The fourth-order valence-electron chi connectivity index (χ4n) is 2.58. The molecule has 1 aromatic rings. The summed E-state index contributed by atoms with van der Waals surface area (Å²) >= 11 is 0. The third-order valence-electron chi connectivity index (χ3n) is 3.66. The lowest BCUT2D eigenvalue weighted by Gasteiger charge is -2.15. The van der Waals surface area contributed by atoms with E-state index in [4.69, 9.17) is 5.84 Å². The van der Waals surface area contributed by atoms with Crippen molar-refractivity contribution in [3.8, 4) is 0 Å². The summed E-state index contributed by atoms with van der Waals surface area (Å²) in [5, 5.41) is 0. The molecule has 0 saturated heterocycles. The molecule has 1 aromatic heterocycles. The minimum absolute atomic E-state index is 0.159. The zero-order valence-corrected chi connectivity index (χ0v) is 11.5. The van der Waals surface area contributed by atoms with E-state index in [1.807, 2.05) is 0 Å². The topological polar surface area (TPSA) is 77.1 Å². The Hall–Kier alpha value is -1.62. The van der Waals surface area contributed by atoms with Gasteiger partial charge in [0.1, 0.15) is 5.56 Å². The normalized spacial score (nSPS) is 13.7. The van der Waals surface area contributed by atoms with Gasteiger partial charge in [0.25, 0.3) is 11.5 Å². The Bertz CT molecular complexity index is 546. The lowest BCUT2D eigenvalue weighted by molar-refractivity contribution is 0.0951. The highest BCUT2D eigenvalue weighted by Gasteiger charge is 2.21. The molecular formula is C14H21N3O2. The summed E-state index contributed by atoms with van der Waals surface area (Å²) in [5.74, 6) is 5.16. The molecule has 3 N–H and O–H groups in total. The van der Waals surface area contributed by atoms with Crippen molar-refractivity contribution in [3.63, 3.8) is 0 Å². The molecule has 5 nitrogen and oxygen atoms in total. The van der Waals surface area contributed by atoms with Gasteiger partial charge in [-0.2, -0.15) is 0 Å². The summed E-state index contributed by atoms with van der Waals surface area (Å²) in [4.78, 5) is 24.1. The number of rotatable bonds is 4. The van der Waals surface area contributed by atoms with Crippen LogP contribution in [0.2, 0.25) is 0 Å². The number of nitrogens with zero attached hydrogens (tertiary/aromatic N) is 1. The summed E-state index contributed by atoms with van der Waals surface area (Å²) in [6.07, 6.45) is 3.83. The number of amides is 1. The lowest BCUT2D eigenvalue weighted by Crippen LogP contribution is -2.37. The van der Waals surface area contributed by atoms with Gasteiger partial charge in [0.2, 0.25) is 0 Å². The van der Waals surface area contributed by atoms with Crippen LogP contribution in [-0.4, -0.2) is 10.5 Å². The Morgan fingerprint density at radius 2 is 2.21 bits per heavy atom. The zero-order valence-electron chi connectivity index (χ0n) is 11.5. The summed E-state index contributed by atoms with van der Waals surface area (Å²) in [6, 6.07) is 1.71. The van der Waals surface area contributed by atoms with Crippen molar-refractivity contribution < 1.29 is 4.79 Å². The molecule has 19 heavy (non-hydrogen) atoms. The van der Waals surface area contributed by atoms with E-state index in [2.05, 4.69) is 19.3 Å². The number of nitrogen functional groups attached to an aromatic ring is 1. The second kappa shape index (κ2) is 5.57. The van der Waals surface area contributed by atoms with Gasteiger partial charge < -0.3 is 4.57 Å². The first kappa shape index (κ1) is 13.8. The van der Waals surface area contributed by atoms with E-state index in [0.29, 0.717) is 12.5 Å². The first-order valence-electron chi connectivity index (χ1n) is 6.81. The molecular weight excluding hydrogens is 242 g/mol. The first-order chi connectivity index (χ1) is 9.04. The smallest absolute Gasteiger partial charge is 0.270 e. The molecule has 5 heteroatoms. The zero-order chi connectivity index (χ0) is 14.0. The van der Waals surface area contributed by atoms with Crippen LogP contribution in [0.25, 0.3) is 0 Å². The largest absolute Gasteiger partial charge is 0.312 e. The van der Waals surface area contributed by atoms with Crippen molar-refractivity contribution in [1.29, 1.82) is 0 Å². The van der Waals surface area contributed by atoms with Crippen LogP contribution in [0.1, 0.15) is 48.3 Å². The summed E-state index contributed by atoms with van der Waals surface area (Å²) in [5.41, 5.74) is 4.20. The summed E-state index contributed by atoms with van der Waals surface area (Å²) in [7, 11) is 0. The van der Waals surface area contributed by atoms with Crippen LogP contribution in [0.3, 0.4) is 0 Å². The molecule has 2 rings (SSSR count). The molecule has 0 bridgehead atoms. The predicted octanol–water partition coefficient (Wildman–Crippen LogP) is 0.987. The number of carbonyl (C=O) groups is 1. The Kier molecular flexibility index (Phi) is 4.04. The summed E-state index contributed by atoms with van der Waals surface area (Å²) in [6.45, 7) is 4.92. The second-order valence-electron chi connectivity index (χ2n) is 5.50. The molecule has 0 spiro atoms. The van der Waals surface area contributed by atoms with Crippen molar-refractivity contribution >= 4 is 5.91 Å². The van der Waals surface area contributed by atoms with Crippen molar-refractivity contribution in [2.24, 2.45) is 11.8 Å². The molecule has 1 aliphatic carbocycles. The van der Waals surface area contributed by atoms with E-state index in [-0.39, 0.29) is 11.1 Å². The van der Waals surface area contributed by atoms with Gasteiger partial charge >= 0.3 is 0 Å². The van der Waals surface area contributed by atoms with Crippen LogP contribution in [0.5, 0.6) is 0 Å². The highest BCUT2D eigenvalue weighted by molar-refractivity contribution is 5.93. The van der Waals surface area contributed by atoms with Gasteiger partial charge in [0.05, 0.1) is 0 Å². The number of carbonyl (C=O) groups excluding carboxylic acids is 1. The van der Waals surface area contributed by atoms with E-state index in [1.54, 1.807) is 10.6 Å². The number of fused-ring (bicyclic) bond motifs is 1. The number of nitrogens with two attached hydrogens (primary N) is 1. The van der Waals surface area contributed by atoms with Crippen LogP contribution in [0, 0.1) is 5.92 Å². The van der Waals surface area contributed by atoms with E-state index in [0.717, 1.165) is 36.9 Å². The molecule has 1 amide bonds. The van der Waals surface area contributed by atoms with E-state index < -0.39 is 5.91 Å². The molecule has 0 fully saturated rings. The number of aryl methyl sites for hydroxylation is 1. The second-order valence-corrected chi connectivity index (χ2v) is 5.50. The molecule has 1 heterocycles. The highest BCUT2D eigenvalue weighted by Crippen LogP contribution is 2.22. The van der Waals surface area contributed by atoms with Gasteiger partial charge in [0.15, 0.2) is 0 Å². The van der Waals surface area contributed by atoms with Crippen LogP contribution in [0.15, 0.2) is 10.9 Å². The Morgan fingerprint density at radius 1 is 1.47 bits per heavy atom. The number of hydrazine groups is 1. The SMILES string of the molecule is CC(C)CCn1c2c(cc(C(=O)NN)c1=O)CCC2. The molecule has 0 unspecified atom stereocenters. The number of nitrogens with one attached hydrogen (secondary N) is 1. The van der Waals surface area contributed by atoms with E-state index >= 15 is 0 Å². The molecule has 0 atom stereocenters. The van der Waals surface area contributed by atoms with Gasteiger partial charge in [-0.1, -0.05) is 13.8 Å². The first-order valence-corrected chi connectivity index (χ1v) is 6.81. The average molecular weight is 263 g/mol. The number of aromatic nitrogens is 1. The van der Waals surface area contributed by atoms with E-state index in [1.165, 1.54) is 0 Å². The van der Waals surface area contributed by atoms with Gasteiger partial charge in [-0.15, -0.1) is 0 Å². The Balaban J connectivity index is 2.47. The number of hydrogen-bond acceptors (Lipinski definition) is 3. The molecule has 0 aromatic carbocycles. The van der Waals surface area contributed by atoms with Crippen molar-refractivity contribution in [2.45, 2.75) is 46.1 Å². The van der Waals surface area contributed by atoms with Crippen molar-refractivity contribution in [2.75, 3.05) is 0 Å². The fourth-order valence-corrected chi connectivity index (χ4v) is 2.58. The summed E-state index contributed by atoms with van der Waals surface area (Å²) < 4.78 is 1.77. The standard InChI is InChI=1S/C14H21N3O2/c1-9(2)6-7-17-12-5-3-4-10(12)8-11(14(17)19)13(18)16-15/h8-9H,3-7,15H2,1-2H3,(H,16,18). The van der Waals surface area contributed by atoms with Crippen LogP contribution < -0.4 is 16.8 Å². The lowest BCUT2D eigenvalue weighted by atomic mass is 10.1. The van der Waals surface area contributed by atoms with E-state index in [9.17, 15) is 9.59 Å². The Morgan fingerprint density at radius 3 is 2.84 bits per heavy atom. The Labute approximate surface area is 112 Å². The maximum atomic E-state index is 12.4. The van der Waals surface area contributed by atoms with Crippen LogP contribution in [-0.2, 0) is 19.4 Å². The average Bonchev–Trinajstić information content (AvgIpc) is 2.83. The number of pyridine rings is 1. The number of hydrogen-bond donors (Lipinski definition) is 2. The minimum Gasteiger partial charge on any atom is -0.312 e. The molecule has 0 saturated carbocycles. The van der Waals surface area contributed by atoms with Crippen LogP contribution >= 0.6 is 0 Å². The molecule has 0 radical (unpaired) electrons. The van der Waals surface area contributed by atoms with Gasteiger partial charge in [-0.3, -0.25) is 15.0 Å². The molecule has 1 aliphatic rings.